The molecule has 1 aliphatic rings. The average Bonchev–Trinajstić information content (AvgIpc) is 2.29. The van der Waals surface area contributed by atoms with E-state index in [1.807, 2.05) is 0 Å². The van der Waals surface area contributed by atoms with Gasteiger partial charge in [0.05, 0.1) is 11.0 Å². The molecule has 1 aliphatic heterocycles. The summed E-state index contributed by atoms with van der Waals surface area (Å²) in [4.78, 5) is 0. The highest BCUT2D eigenvalue weighted by Gasteiger charge is 2.27. The zero-order valence-corrected chi connectivity index (χ0v) is 11.1. The molecule has 1 atom stereocenters. The molecule has 0 aromatic heterocycles. The second kappa shape index (κ2) is 5.38. The predicted octanol–water partition coefficient (Wildman–Crippen LogP) is 2.01. The molecule has 1 saturated heterocycles. The van der Waals surface area contributed by atoms with Gasteiger partial charge in [-0.2, -0.15) is 0 Å². The van der Waals surface area contributed by atoms with Crippen LogP contribution in [0.1, 0.15) is 18.4 Å². The Labute approximate surface area is 107 Å². The molecular weight excluding hydrogens is 258 g/mol. The van der Waals surface area contributed by atoms with Crippen LogP contribution in [0.4, 0.5) is 0 Å². The number of hydrogen-bond donors (Lipinski definition) is 1. The molecule has 0 spiro atoms. The van der Waals surface area contributed by atoms with Gasteiger partial charge >= 0.3 is 0 Å². The molecule has 0 radical (unpaired) electrons. The lowest BCUT2D eigenvalue weighted by Crippen LogP contribution is -2.39. The van der Waals surface area contributed by atoms with Crippen LogP contribution in [0.3, 0.4) is 0 Å². The van der Waals surface area contributed by atoms with E-state index in [1.165, 1.54) is 0 Å². The van der Waals surface area contributed by atoms with Crippen LogP contribution in [-0.4, -0.2) is 26.8 Å². The maximum atomic E-state index is 12.2. The predicted molar refractivity (Wildman–Crippen MR) is 70.0 cm³/mol. The van der Waals surface area contributed by atoms with Crippen LogP contribution in [0.5, 0.6) is 0 Å². The van der Waals surface area contributed by atoms with E-state index in [0.29, 0.717) is 11.6 Å². The third-order valence-electron chi connectivity index (χ3n) is 3.02. The van der Waals surface area contributed by atoms with Gasteiger partial charge in [-0.1, -0.05) is 23.7 Å². The number of halogens is 1. The van der Waals surface area contributed by atoms with Crippen molar-refractivity contribution in [3.05, 3.63) is 34.9 Å². The number of nitrogens with one attached hydrogen (secondary N) is 1. The molecule has 1 heterocycles. The summed E-state index contributed by atoms with van der Waals surface area (Å²) in [5.41, 5.74) is 0.767. The monoisotopic (exact) mass is 273 g/mol. The Kier molecular flexibility index (Phi) is 4.07. The van der Waals surface area contributed by atoms with Crippen molar-refractivity contribution in [3.63, 3.8) is 0 Å². The van der Waals surface area contributed by atoms with Gasteiger partial charge in [0.1, 0.15) is 0 Å². The van der Waals surface area contributed by atoms with Crippen molar-refractivity contribution in [2.75, 3.05) is 13.1 Å². The molecule has 1 aromatic carbocycles. The standard InChI is InChI=1S/C12H16ClNO2S/c13-11-4-1-3-10(7-11)9-17(15,16)12-5-2-6-14-8-12/h1,3-4,7,12,14H,2,5-6,8-9H2. The smallest absolute Gasteiger partial charge is 0.158 e. The first kappa shape index (κ1) is 12.9. The van der Waals surface area contributed by atoms with Gasteiger partial charge in [0, 0.05) is 11.6 Å². The number of sulfone groups is 1. The number of hydrogen-bond acceptors (Lipinski definition) is 3. The summed E-state index contributed by atoms with van der Waals surface area (Å²) >= 11 is 5.85. The van der Waals surface area contributed by atoms with Crippen molar-refractivity contribution in [3.8, 4) is 0 Å². The summed E-state index contributed by atoms with van der Waals surface area (Å²) in [6, 6.07) is 7.06. The minimum absolute atomic E-state index is 0.0832. The maximum Gasteiger partial charge on any atom is 0.158 e. The molecule has 94 valence electrons. The Hall–Kier alpha value is -0.580. The molecule has 0 amide bonds. The molecule has 1 fully saturated rings. The van der Waals surface area contributed by atoms with E-state index in [4.69, 9.17) is 11.6 Å². The number of piperidine rings is 1. The van der Waals surface area contributed by atoms with Crippen LogP contribution in [0.25, 0.3) is 0 Å². The summed E-state index contributed by atoms with van der Waals surface area (Å²) in [5.74, 6) is 0.0832. The Morgan fingerprint density at radius 2 is 2.24 bits per heavy atom. The third-order valence-corrected chi connectivity index (χ3v) is 5.41. The molecule has 5 heteroatoms. The molecule has 1 N–H and O–H groups in total. The molecule has 3 nitrogen and oxygen atoms in total. The van der Waals surface area contributed by atoms with Crippen molar-refractivity contribution in [1.29, 1.82) is 0 Å². The fourth-order valence-corrected chi connectivity index (χ4v) is 4.09. The van der Waals surface area contributed by atoms with Crippen LogP contribution in [0, 0.1) is 0 Å². The van der Waals surface area contributed by atoms with Crippen molar-refractivity contribution in [1.82, 2.24) is 5.32 Å². The van der Waals surface area contributed by atoms with Gasteiger partial charge in [0.15, 0.2) is 9.84 Å². The van der Waals surface area contributed by atoms with Gasteiger partial charge in [-0.25, -0.2) is 8.42 Å². The first-order valence-electron chi connectivity index (χ1n) is 5.75. The van der Waals surface area contributed by atoms with E-state index in [1.54, 1.807) is 24.3 Å². The molecule has 0 bridgehead atoms. The molecule has 2 rings (SSSR count). The lowest BCUT2D eigenvalue weighted by atomic mass is 10.2. The number of benzene rings is 1. The maximum absolute atomic E-state index is 12.2. The zero-order chi connectivity index (χ0) is 12.3. The third kappa shape index (κ3) is 3.44. The fraction of sp³-hybridized carbons (Fsp3) is 0.500. The minimum atomic E-state index is -3.07. The molecule has 0 saturated carbocycles. The van der Waals surface area contributed by atoms with Crippen LogP contribution in [0.2, 0.25) is 5.02 Å². The average molecular weight is 274 g/mol. The van der Waals surface area contributed by atoms with Crippen molar-refractivity contribution in [2.45, 2.75) is 23.8 Å². The zero-order valence-electron chi connectivity index (χ0n) is 9.52. The quantitative estimate of drug-likeness (QED) is 0.916. The first-order chi connectivity index (χ1) is 8.08. The number of rotatable bonds is 3. The highest BCUT2D eigenvalue weighted by atomic mass is 35.5. The lowest BCUT2D eigenvalue weighted by Gasteiger charge is -2.22. The van der Waals surface area contributed by atoms with Crippen LogP contribution in [0.15, 0.2) is 24.3 Å². The molecule has 17 heavy (non-hydrogen) atoms. The van der Waals surface area contributed by atoms with E-state index in [2.05, 4.69) is 5.32 Å². The van der Waals surface area contributed by atoms with Gasteiger partial charge < -0.3 is 5.32 Å². The summed E-state index contributed by atoms with van der Waals surface area (Å²) in [6.45, 7) is 1.49. The Balaban J connectivity index is 2.11. The summed E-state index contributed by atoms with van der Waals surface area (Å²) < 4.78 is 24.4. The van der Waals surface area contributed by atoms with E-state index in [0.717, 1.165) is 24.9 Å². The van der Waals surface area contributed by atoms with Crippen molar-refractivity contribution >= 4 is 21.4 Å². The van der Waals surface area contributed by atoms with Crippen LogP contribution < -0.4 is 5.32 Å². The first-order valence-corrected chi connectivity index (χ1v) is 7.84. The highest BCUT2D eigenvalue weighted by molar-refractivity contribution is 7.91. The minimum Gasteiger partial charge on any atom is -0.315 e. The molecular formula is C12H16ClNO2S. The molecule has 0 aliphatic carbocycles. The van der Waals surface area contributed by atoms with Crippen molar-refractivity contribution < 1.29 is 8.42 Å². The van der Waals surface area contributed by atoms with Gasteiger partial charge in [0.2, 0.25) is 0 Å². The highest BCUT2D eigenvalue weighted by Crippen LogP contribution is 2.19. The second-order valence-corrected chi connectivity index (χ2v) is 7.12. The van der Waals surface area contributed by atoms with Crippen LogP contribution in [-0.2, 0) is 15.6 Å². The van der Waals surface area contributed by atoms with Crippen LogP contribution >= 0.6 is 11.6 Å². The van der Waals surface area contributed by atoms with Gasteiger partial charge in [-0.15, -0.1) is 0 Å². The van der Waals surface area contributed by atoms with Crippen molar-refractivity contribution in [2.24, 2.45) is 0 Å². The van der Waals surface area contributed by atoms with E-state index < -0.39 is 9.84 Å². The summed E-state index contributed by atoms with van der Waals surface area (Å²) in [5, 5.41) is 3.46. The second-order valence-electron chi connectivity index (χ2n) is 4.41. The fourth-order valence-electron chi connectivity index (χ4n) is 2.10. The SMILES string of the molecule is O=S(=O)(Cc1cccc(Cl)c1)C1CCCNC1. The Bertz CT molecular complexity index is 481. The summed E-state index contributed by atoms with van der Waals surface area (Å²) in [6.07, 6.45) is 1.69. The summed E-state index contributed by atoms with van der Waals surface area (Å²) in [7, 11) is -3.07. The van der Waals surface area contributed by atoms with Gasteiger partial charge in [-0.05, 0) is 37.1 Å². The van der Waals surface area contributed by atoms with Gasteiger partial charge in [0.25, 0.3) is 0 Å². The van der Waals surface area contributed by atoms with E-state index in [-0.39, 0.29) is 11.0 Å². The molecule has 1 aromatic rings. The normalized spacial score (nSPS) is 21.4. The Morgan fingerprint density at radius 1 is 1.41 bits per heavy atom. The van der Waals surface area contributed by atoms with Gasteiger partial charge in [-0.3, -0.25) is 0 Å². The van der Waals surface area contributed by atoms with E-state index in [9.17, 15) is 8.42 Å². The lowest BCUT2D eigenvalue weighted by molar-refractivity contribution is 0.496. The van der Waals surface area contributed by atoms with E-state index >= 15 is 0 Å². The topological polar surface area (TPSA) is 46.2 Å². The molecule has 1 unspecified atom stereocenters. The Morgan fingerprint density at radius 3 is 2.88 bits per heavy atom. The largest absolute Gasteiger partial charge is 0.315 e.